The predicted molar refractivity (Wildman–Crippen MR) is 563 cm³/mol. The fourth-order valence-corrected chi connectivity index (χ4v) is 19.5. The van der Waals surface area contributed by atoms with E-state index in [1.807, 2.05) is 93.9 Å². The molecule has 0 aromatic carbocycles. The summed E-state index contributed by atoms with van der Waals surface area (Å²) in [6, 6.07) is 3.70. The fourth-order valence-electron chi connectivity index (χ4n) is 11.6. The minimum absolute atomic E-state index is 0.0309. The first kappa shape index (κ1) is 123. The van der Waals surface area contributed by atoms with Crippen molar-refractivity contribution in [1.29, 1.82) is 0 Å². The van der Waals surface area contributed by atoms with Gasteiger partial charge in [-0.1, -0.05) is 39.5 Å². The molecule has 1 amide bonds. The van der Waals surface area contributed by atoms with Crippen LogP contribution in [0.25, 0.3) is 0 Å². The van der Waals surface area contributed by atoms with Crippen molar-refractivity contribution in [1.82, 2.24) is 69.5 Å². The number of carbonyl (C=O) groups is 11. The first-order valence-electron chi connectivity index (χ1n) is 46.0. The number of carbonyl (C=O) groups excluding carboxylic acids is 11. The number of thiazole rings is 11. The molecule has 0 atom stereocenters. The van der Waals surface area contributed by atoms with Crippen LogP contribution in [0.5, 0.6) is 0 Å². The number of methoxy groups -OCH3 is 1. The van der Waals surface area contributed by atoms with Gasteiger partial charge in [0.2, 0.25) is 11.7 Å². The number of nitrogens with zero attached hydrogens (tertiary/aromatic N) is 14. The summed E-state index contributed by atoms with van der Waals surface area (Å²) >= 11 is 15.7. The third kappa shape index (κ3) is 53.9. The Labute approximate surface area is 864 Å². The Balaban J connectivity index is 0.000000325. The number of aromatic nitrogens is 11. The molecule has 13 rings (SSSR count). The maximum Gasteiger partial charge on any atom is 0.389 e. The second-order valence-corrected chi connectivity index (χ2v) is 45.8. The molecular formula is C98H132F3N15O13S11. The smallest absolute Gasteiger partial charge is 0.389 e. The zero-order valence-electron chi connectivity index (χ0n) is 83.1. The number of likely N-dealkylation sites (tertiary alicyclic amines) is 1. The SMILES string of the molecule is CCCCC(=O)c1ncc(C)s1.CCCCCC(=O)c1ncc(C)s1.COCC(=O)c1ncc(C)s1.Cc1cnc(C(=O)CCC(=O)N(C)C)s1.Cc1cnc(C(=O)CCC(F)(F)F)s1.Cc1cnc(C(=O)CCCCN(C)C)s1.Cc1cnc(C(=O)CCCCN)s1.Cc1cnc(C(=O)CCCCN2CCCCC2)s1.Cc1cnc(C(=O)CCc2ccco2)s1.Cc1cnc(C(=O)Cc2nccs2)s1. The molecule has 42 heteroatoms. The molecule has 1 aliphatic rings. The van der Waals surface area contributed by atoms with Gasteiger partial charge in [-0.15, -0.1) is 125 Å². The summed E-state index contributed by atoms with van der Waals surface area (Å²) in [5.41, 5.74) is 5.33. The number of halogens is 3. The van der Waals surface area contributed by atoms with Crippen molar-refractivity contribution in [2.75, 3.05) is 74.6 Å². The largest absolute Gasteiger partial charge is 0.469 e. The highest BCUT2D eigenvalue weighted by Crippen LogP contribution is 2.27. The van der Waals surface area contributed by atoms with Gasteiger partial charge in [0.25, 0.3) is 0 Å². The summed E-state index contributed by atoms with van der Waals surface area (Å²) < 4.78 is 45.1. The summed E-state index contributed by atoms with van der Waals surface area (Å²) in [6.07, 6.45) is 35.0. The van der Waals surface area contributed by atoms with Crippen molar-refractivity contribution in [2.45, 2.75) is 256 Å². The normalized spacial score (nSPS) is 11.3. The van der Waals surface area contributed by atoms with Crippen LogP contribution in [-0.2, 0) is 22.4 Å². The van der Waals surface area contributed by atoms with E-state index in [-0.39, 0.29) is 82.4 Å². The number of hydrogen-bond donors (Lipinski definition) is 1. The maximum absolute atomic E-state index is 11.8. The molecule has 0 radical (unpaired) electrons. The molecule has 12 aromatic heterocycles. The molecule has 140 heavy (non-hydrogen) atoms. The Hall–Kier alpha value is -8.99. The van der Waals surface area contributed by atoms with Crippen LogP contribution in [-0.4, -0.2) is 214 Å². The van der Waals surface area contributed by atoms with E-state index >= 15 is 0 Å². The van der Waals surface area contributed by atoms with Crippen molar-refractivity contribution in [2.24, 2.45) is 5.73 Å². The number of amides is 1. The van der Waals surface area contributed by atoms with E-state index in [1.165, 1.54) is 164 Å². The Morgan fingerprint density at radius 3 is 1.04 bits per heavy atom. The van der Waals surface area contributed by atoms with E-state index in [1.54, 1.807) is 89.3 Å². The number of hydrogen-bond acceptors (Lipinski definition) is 38. The molecule has 764 valence electrons. The van der Waals surface area contributed by atoms with Crippen LogP contribution in [0.2, 0.25) is 0 Å². The van der Waals surface area contributed by atoms with Crippen molar-refractivity contribution in [3.63, 3.8) is 0 Å². The lowest BCUT2D eigenvalue weighted by Gasteiger charge is -2.26. The number of ketones is 10. The topological polar surface area (TPSA) is 388 Å². The Kier molecular flexibility index (Phi) is 61.5. The summed E-state index contributed by atoms with van der Waals surface area (Å²) in [6.45, 7) is 29.0. The lowest BCUT2D eigenvalue weighted by molar-refractivity contribution is -0.133. The van der Waals surface area contributed by atoms with Gasteiger partial charge in [-0.05, 0) is 192 Å². The number of nitrogens with two attached hydrogens (primary N) is 1. The van der Waals surface area contributed by atoms with Crippen LogP contribution in [0, 0.1) is 69.2 Å². The Bertz CT molecular complexity index is 5560. The Morgan fingerprint density at radius 1 is 0.400 bits per heavy atom. The predicted octanol–water partition coefficient (Wildman–Crippen LogP) is 24.4. The molecule has 13 heterocycles. The van der Waals surface area contributed by atoms with Crippen LogP contribution in [0.1, 0.15) is 326 Å². The number of alkyl halides is 3. The maximum atomic E-state index is 11.8. The summed E-state index contributed by atoms with van der Waals surface area (Å²) in [5.74, 6) is 1.25. The molecule has 28 nitrogen and oxygen atoms in total. The lowest BCUT2D eigenvalue weighted by atomic mass is 10.1. The first-order chi connectivity index (χ1) is 66.7. The van der Waals surface area contributed by atoms with Crippen LogP contribution < -0.4 is 5.73 Å². The average Bonchev–Trinajstić information content (AvgIpc) is 1.75. The van der Waals surface area contributed by atoms with Crippen LogP contribution in [0.4, 0.5) is 13.2 Å². The number of rotatable bonds is 43. The van der Waals surface area contributed by atoms with Crippen LogP contribution >= 0.6 is 125 Å². The number of ether oxygens (including phenoxy) is 1. The fraction of sp³-hybridized carbons (Fsp3) is 0.510. The van der Waals surface area contributed by atoms with Gasteiger partial charge in [0.15, 0.2) is 102 Å². The highest BCUT2D eigenvalue weighted by molar-refractivity contribution is 7.16. The third-order valence-corrected chi connectivity index (χ3v) is 29.3. The van der Waals surface area contributed by atoms with Gasteiger partial charge in [0.05, 0.1) is 19.1 Å². The average molecular weight is 2140 g/mol. The molecule has 0 aliphatic carbocycles. The van der Waals surface area contributed by atoms with Gasteiger partial charge in [-0.2, -0.15) is 13.2 Å². The van der Waals surface area contributed by atoms with Crippen molar-refractivity contribution in [3.05, 3.63) is 202 Å². The molecule has 0 unspecified atom stereocenters. The molecule has 0 bridgehead atoms. The van der Waals surface area contributed by atoms with E-state index in [4.69, 9.17) is 10.2 Å². The Morgan fingerprint density at radius 2 is 0.729 bits per heavy atom. The summed E-state index contributed by atoms with van der Waals surface area (Å²) in [5, 5.41) is 8.41. The molecule has 12 aromatic rings. The van der Waals surface area contributed by atoms with E-state index < -0.39 is 24.8 Å². The van der Waals surface area contributed by atoms with Crippen molar-refractivity contribution >= 4 is 188 Å². The number of aryl methyl sites for hydroxylation is 11. The van der Waals surface area contributed by atoms with E-state index in [0.29, 0.717) is 103 Å². The third-order valence-electron chi connectivity index (χ3n) is 19.0. The number of furan rings is 1. The van der Waals surface area contributed by atoms with Crippen LogP contribution in [0.15, 0.2) is 96.4 Å². The number of unbranched alkanes of at least 4 members (excludes halogenated alkanes) is 6. The molecule has 1 aliphatic heterocycles. The lowest BCUT2D eigenvalue weighted by Crippen LogP contribution is -2.30. The quantitative estimate of drug-likeness (QED) is 0.0274. The van der Waals surface area contributed by atoms with Crippen molar-refractivity contribution in [3.8, 4) is 0 Å². The second-order valence-electron chi connectivity index (χ2n) is 32.4. The van der Waals surface area contributed by atoms with E-state index in [9.17, 15) is 65.9 Å². The molecule has 1 saturated heterocycles. The zero-order valence-corrected chi connectivity index (χ0v) is 92.0. The highest BCUT2D eigenvalue weighted by atomic mass is 32.1. The van der Waals surface area contributed by atoms with Gasteiger partial charge in [0, 0.05) is 208 Å². The summed E-state index contributed by atoms with van der Waals surface area (Å²) in [4.78, 5) is 187. The van der Waals surface area contributed by atoms with E-state index in [2.05, 4.69) is 83.2 Å². The van der Waals surface area contributed by atoms with Gasteiger partial charge in [0.1, 0.15) is 17.4 Å². The standard InChI is InChI=1S/C14H22N2OS.C11H18N2OS.C11H11NO2S.C10H14N2O2S.C10H15NOS.C9H8N2OS2.C9H14N2OS.C9H13NOS.C8H8F3NOS.C7H9NO2S/c1-12-11-15-14(18-12)13(17)7-3-6-10-16-8-4-2-5-9-16;1-9-8-12-11(15-9)10(14)6-4-5-7-13(2)3;1-8-7-12-11(15-8)10(13)5-4-9-3-2-6-14-9;1-7-6-11-10(15-7)8(13)4-5-9(14)12(2)3;1-3-4-5-6-9(12)10-11-7-8(2)13-10;1-6-5-11-9(14-6)7(12)4-8-10-2-3-13-8;1-7-6-11-9(13-7)8(12)4-2-3-5-10;1-3-4-5-8(11)9-10-6-7(2)12-9;1-5-4-12-7(14-5)6(13)2-3-8(9,10)11;1-5-3-8-7(11-5)6(9)4-10-2/h11H,2-10H2,1H3;8H,4-7H2,1-3H3;2-3,6-7H,4-5H2,1H3;6H,4-5H2,1-3H3;7H,3-6H2,1-2H3;2-3,5H,4H2,1H3;6H,2-5,10H2,1H3;6H,3-5H2,1-2H3;4H,2-3H2,1H3;3H,4H2,1-2H3. The molecule has 0 saturated carbocycles. The van der Waals surface area contributed by atoms with Crippen molar-refractivity contribution < 1.29 is 75.1 Å². The first-order valence-corrected chi connectivity index (χ1v) is 55.0. The minimum atomic E-state index is -4.28. The highest BCUT2D eigenvalue weighted by Gasteiger charge is 2.29. The van der Waals surface area contributed by atoms with Gasteiger partial charge in [-0.3, -0.25) is 52.7 Å². The second kappa shape index (κ2) is 69.8. The number of Topliss-reactive ketones (excluding diaryl/α,β-unsaturated/α-hetero) is 10. The molecule has 1 fully saturated rings. The number of piperidine rings is 1. The summed E-state index contributed by atoms with van der Waals surface area (Å²) in [7, 11) is 8.96. The minimum Gasteiger partial charge on any atom is -0.469 e. The molecule has 0 spiro atoms. The monoisotopic (exact) mass is 2140 g/mol. The van der Waals surface area contributed by atoms with Gasteiger partial charge < -0.3 is 29.6 Å². The van der Waals surface area contributed by atoms with Gasteiger partial charge in [-0.25, -0.2) is 54.8 Å². The molecular weight excluding hydrogens is 2000 g/mol. The zero-order chi connectivity index (χ0) is 103. The van der Waals surface area contributed by atoms with Crippen LogP contribution in [0.3, 0.4) is 0 Å². The van der Waals surface area contributed by atoms with Gasteiger partial charge >= 0.3 is 6.18 Å². The van der Waals surface area contributed by atoms with E-state index in [0.717, 1.165) is 155 Å². The molecule has 2 N–H and O–H groups in total.